The molecule has 0 radical (unpaired) electrons. The van der Waals surface area contributed by atoms with Gasteiger partial charge in [0.1, 0.15) is 17.9 Å². The maximum Gasteiger partial charge on any atom is 0.408 e. The van der Waals surface area contributed by atoms with E-state index in [2.05, 4.69) is 34.6 Å². The number of aryl methyl sites for hydroxylation is 1. The van der Waals surface area contributed by atoms with Crippen LogP contribution in [0.25, 0.3) is 0 Å². The van der Waals surface area contributed by atoms with Crippen molar-refractivity contribution >= 4 is 24.1 Å². The zero-order valence-electron chi connectivity index (χ0n) is 21.4. The van der Waals surface area contributed by atoms with Crippen molar-refractivity contribution in [3.63, 3.8) is 0 Å². The van der Waals surface area contributed by atoms with E-state index in [1.165, 1.54) is 5.56 Å². The summed E-state index contributed by atoms with van der Waals surface area (Å²) in [6.07, 6.45) is 5.36. The summed E-state index contributed by atoms with van der Waals surface area (Å²) in [7, 11) is 1.75. The van der Waals surface area contributed by atoms with E-state index >= 15 is 0 Å². The van der Waals surface area contributed by atoms with Crippen LogP contribution in [0.3, 0.4) is 0 Å². The maximum atomic E-state index is 13.1. The number of benzene rings is 1. The lowest BCUT2D eigenvalue weighted by Crippen LogP contribution is -2.49. The molecule has 0 heterocycles. The van der Waals surface area contributed by atoms with Crippen LogP contribution in [0.5, 0.6) is 0 Å². The third-order valence-corrected chi connectivity index (χ3v) is 5.17. The van der Waals surface area contributed by atoms with Gasteiger partial charge in [-0.05, 0) is 77.3 Å². The molecule has 0 aliphatic heterocycles. The minimum absolute atomic E-state index is 0.144. The Morgan fingerprint density at radius 2 is 1.74 bits per heavy atom. The number of hydrogen-bond acceptors (Lipinski definition) is 5. The fraction of sp³-hybridized carbons (Fsp3) is 0.615. The van der Waals surface area contributed by atoms with Crippen molar-refractivity contribution < 1.29 is 19.1 Å². The Hall–Kier alpha value is -2.90. The average Bonchev–Trinajstić information content (AvgIpc) is 2.75. The van der Waals surface area contributed by atoms with Gasteiger partial charge in [-0.25, -0.2) is 4.79 Å². The van der Waals surface area contributed by atoms with Crippen molar-refractivity contribution in [1.29, 1.82) is 0 Å². The number of ether oxygens (including phenoxy) is 1. The van der Waals surface area contributed by atoms with Crippen molar-refractivity contribution in [2.45, 2.75) is 84.3 Å². The number of carbonyl (C=O) groups is 3. The largest absolute Gasteiger partial charge is 0.444 e. The lowest BCUT2D eigenvalue weighted by Gasteiger charge is -2.26. The van der Waals surface area contributed by atoms with Crippen molar-refractivity contribution in [3.8, 4) is 0 Å². The molecule has 8 heteroatoms. The van der Waals surface area contributed by atoms with E-state index in [1.807, 2.05) is 0 Å². The fourth-order valence-corrected chi connectivity index (χ4v) is 3.36. The molecule has 0 aliphatic rings. The third kappa shape index (κ3) is 13.0. The molecule has 1 unspecified atom stereocenters. The highest BCUT2D eigenvalue weighted by Gasteiger charge is 2.26. The zero-order valence-corrected chi connectivity index (χ0v) is 21.4. The van der Waals surface area contributed by atoms with Crippen LogP contribution in [0, 0.1) is 0 Å². The zero-order chi connectivity index (χ0) is 25.6. The van der Waals surface area contributed by atoms with E-state index in [4.69, 9.17) is 10.5 Å². The van der Waals surface area contributed by atoms with E-state index in [-0.39, 0.29) is 5.91 Å². The highest BCUT2D eigenvalue weighted by molar-refractivity contribution is 5.85. The summed E-state index contributed by atoms with van der Waals surface area (Å²) >= 11 is 0. The predicted octanol–water partition coefficient (Wildman–Crippen LogP) is 3.65. The Labute approximate surface area is 204 Å². The second-order valence-electron chi connectivity index (χ2n) is 9.60. The molecule has 0 spiro atoms. The highest BCUT2D eigenvalue weighted by atomic mass is 16.6. The first-order valence-corrected chi connectivity index (χ1v) is 12.0. The molecular formula is C26H42N4O4. The van der Waals surface area contributed by atoms with E-state index in [0.29, 0.717) is 38.2 Å². The molecule has 0 aliphatic carbocycles. The summed E-state index contributed by atoms with van der Waals surface area (Å²) < 4.78 is 5.35. The smallest absolute Gasteiger partial charge is 0.408 e. The van der Waals surface area contributed by atoms with Crippen LogP contribution >= 0.6 is 0 Å². The third-order valence-electron chi connectivity index (χ3n) is 5.17. The molecule has 1 atom stereocenters. The molecule has 8 nitrogen and oxygen atoms in total. The summed E-state index contributed by atoms with van der Waals surface area (Å²) in [6.45, 7) is 8.23. The second-order valence-corrected chi connectivity index (χ2v) is 9.60. The Morgan fingerprint density at radius 3 is 2.29 bits per heavy atom. The molecule has 1 rings (SSSR count). The Morgan fingerprint density at radius 1 is 1.12 bits per heavy atom. The lowest BCUT2D eigenvalue weighted by atomic mass is 10.0. The first-order chi connectivity index (χ1) is 16.0. The first-order valence-electron chi connectivity index (χ1n) is 12.0. The summed E-state index contributed by atoms with van der Waals surface area (Å²) in [5.74, 6) is 0.392. The molecule has 190 valence electrons. The number of amides is 2. The van der Waals surface area contributed by atoms with Crippen molar-refractivity contribution in [2.75, 3.05) is 20.1 Å². The number of carbonyl (C=O) groups excluding carboxylic acids is 3. The van der Waals surface area contributed by atoms with Crippen LogP contribution in [0.1, 0.15) is 70.9 Å². The van der Waals surface area contributed by atoms with Gasteiger partial charge in [0, 0.05) is 26.6 Å². The Kier molecular flexibility index (Phi) is 12.9. The molecule has 0 aromatic heterocycles. The topological polar surface area (TPSA) is 114 Å². The van der Waals surface area contributed by atoms with Gasteiger partial charge in [-0.1, -0.05) is 24.3 Å². The van der Waals surface area contributed by atoms with Crippen LogP contribution in [0.15, 0.2) is 29.3 Å². The summed E-state index contributed by atoms with van der Waals surface area (Å²) in [5, 5.41) is 2.75. The fourth-order valence-electron chi connectivity index (χ4n) is 3.36. The van der Waals surface area contributed by atoms with Gasteiger partial charge in [0.05, 0.1) is 5.84 Å². The van der Waals surface area contributed by atoms with E-state index in [1.54, 1.807) is 39.6 Å². The normalized spacial score (nSPS) is 12.7. The maximum absolute atomic E-state index is 13.1. The number of rotatable bonds is 14. The molecule has 1 aromatic rings. The quantitative estimate of drug-likeness (QED) is 0.185. The predicted molar refractivity (Wildman–Crippen MR) is 136 cm³/mol. The monoisotopic (exact) mass is 474 g/mol. The number of nitrogens with zero attached hydrogens (tertiary/aromatic N) is 2. The molecular weight excluding hydrogens is 432 g/mol. The van der Waals surface area contributed by atoms with Crippen LogP contribution in [0.2, 0.25) is 0 Å². The van der Waals surface area contributed by atoms with Gasteiger partial charge < -0.3 is 25.5 Å². The highest BCUT2D eigenvalue weighted by Crippen LogP contribution is 2.12. The number of aliphatic imine (C=N–C) groups is 1. The van der Waals surface area contributed by atoms with Gasteiger partial charge in [0.25, 0.3) is 0 Å². The van der Waals surface area contributed by atoms with Gasteiger partial charge >= 0.3 is 6.09 Å². The molecule has 0 saturated carbocycles. The van der Waals surface area contributed by atoms with Crippen molar-refractivity contribution in [3.05, 3.63) is 35.4 Å². The standard InChI is InChI=1S/C26H42N4O4/c1-20(27)28-17-8-6-11-23(29-25(33)34-26(2,3)4)24(32)30(5)18-16-22-14-12-21(13-15-22)10-7-9-19-31/h12-15,19,23H,6-11,16-18H2,1-5H3,(H2,27,28)(H,29,33). The van der Waals surface area contributed by atoms with Crippen LogP contribution in [-0.4, -0.2) is 60.8 Å². The number of nitrogens with two attached hydrogens (primary N) is 1. The number of hydrogen-bond donors (Lipinski definition) is 2. The Balaban J connectivity index is 2.67. The number of alkyl carbamates (subject to hydrolysis) is 1. The molecule has 3 N–H and O–H groups in total. The number of unbranched alkanes of at least 4 members (excludes halogenated alkanes) is 2. The second kappa shape index (κ2) is 15.1. The molecule has 34 heavy (non-hydrogen) atoms. The van der Waals surface area contributed by atoms with Gasteiger partial charge in [-0.3, -0.25) is 9.79 Å². The molecule has 0 bridgehead atoms. The van der Waals surface area contributed by atoms with Crippen molar-refractivity contribution in [1.82, 2.24) is 10.2 Å². The number of amidine groups is 1. The van der Waals surface area contributed by atoms with E-state index in [0.717, 1.165) is 37.5 Å². The molecule has 2 amide bonds. The number of nitrogens with one attached hydrogen (secondary N) is 1. The number of aldehydes is 1. The van der Waals surface area contributed by atoms with Gasteiger partial charge in [-0.15, -0.1) is 0 Å². The van der Waals surface area contributed by atoms with Crippen LogP contribution in [0.4, 0.5) is 4.79 Å². The van der Waals surface area contributed by atoms with E-state index in [9.17, 15) is 14.4 Å². The SMILES string of the molecule is CC(N)=NCCCCC(NC(=O)OC(C)(C)C)C(=O)N(C)CCc1ccc(CCCC=O)cc1. The summed E-state index contributed by atoms with van der Waals surface area (Å²) in [5.41, 5.74) is 7.25. The Bertz CT molecular complexity index is 796. The molecule has 0 fully saturated rings. The molecule has 1 aromatic carbocycles. The summed E-state index contributed by atoms with van der Waals surface area (Å²) in [6, 6.07) is 7.60. The minimum Gasteiger partial charge on any atom is -0.444 e. The van der Waals surface area contributed by atoms with Gasteiger partial charge in [0.2, 0.25) is 5.91 Å². The lowest BCUT2D eigenvalue weighted by molar-refractivity contribution is -0.132. The van der Waals surface area contributed by atoms with Crippen LogP contribution in [-0.2, 0) is 27.2 Å². The number of likely N-dealkylation sites (N-methyl/N-ethyl adjacent to an activating group) is 1. The van der Waals surface area contributed by atoms with Crippen molar-refractivity contribution in [2.24, 2.45) is 10.7 Å². The average molecular weight is 475 g/mol. The summed E-state index contributed by atoms with van der Waals surface area (Å²) in [4.78, 5) is 41.7. The van der Waals surface area contributed by atoms with Gasteiger partial charge in [-0.2, -0.15) is 0 Å². The van der Waals surface area contributed by atoms with Gasteiger partial charge in [0.15, 0.2) is 0 Å². The minimum atomic E-state index is -0.664. The first kappa shape index (κ1) is 29.1. The van der Waals surface area contributed by atoms with Crippen LogP contribution < -0.4 is 11.1 Å². The van der Waals surface area contributed by atoms with E-state index < -0.39 is 17.7 Å². The molecule has 0 saturated heterocycles.